The molecule has 3 rings (SSSR count). The van der Waals surface area contributed by atoms with Crippen LogP contribution in [0.1, 0.15) is 30.8 Å². The number of carbonyl (C=O) groups is 1. The highest BCUT2D eigenvalue weighted by Gasteiger charge is 2.17. The molecule has 0 radical (unpaired) electrons. The molecular formula is C19H18ClN3O2. The van der Waals surface area contributed by atoms with E-state index in [-0.39, 0.29) is 11.9 Å². The molecule has 1 atom stereocenters. The van der Waals surface area contributed by atoms with Gasteiger partial charge in [-0.15, -0.1) is 0 Å². The lowest BCUT2D eigenvalue weighted by Crippen LogP contribution is -2.27. The molecule has 1 amide bonds. The van der Waals surface area contributed by atoms with Crippen LogP contribution in [0.25, 0.3) is 11.4 Å². The molecule has 3 aromatic rings. The molecule has 1 aromatic heterocycles. The summed E-state index contributed by atoms with van der Waals surface area (Å²) in [5.74, 6) is 0.754. The number of hydrogen-bond donors (Lipinski definition) is 1. The fraction of sp³-hybridized carbons (Fsp3) is 0.211. The summed E-state index contributed by atoms with van der Waals surface area (Å²) >= 11 is 5.98. The number of benzene rings is 2. The highest BCUT2D eigenvalue weighted by atomic mass is 35.5. The fourth-order valence-corrected chi connectivity index (χ4v) is 2.62. The van der Waals surface area contributed by atoms with E-state index in [4.69, 9.17) is 16.1 Å². The SMILES string of the molecule is CC(NC(=O)CCc1ccccc1)c1nc(-c2cccc(Cl)c2)no1. The molecule has 0 spiro atoms. The number of nitrogens with one attached hydrogen (secondary N) is 1. The van der Waals surface area contributed by atoms with E-state index in [1.165, 1.54) is 0 Å². The average molecular weight is 356 g/mol. The third kappa shape index (κ3) is 4.67. The van der Waals surface area contributed by atoms with Crippen LogP contribution in [0.4, 0.5) is 0 Å². The lowest BCUT2D eigenvalue weighted by Gasteiger charge is -2.09. The van der Waals surface area contributed by atoms with Gasteiger partial charge in [-0.2, -0.15) is 4.98 Å². The van der Waals surface area contributed by atoms with E-state index < -0.39 is 0 Å². The van der Waals surface area contributed by atoms with Gasteiger partial charge in [0.1, 0.15) is 6.04 Å². The Morgan fingerprint density at radius 3 is 2.76 bits per heavy atom. The van der Waals surface area contributed by atoms with E-state index in [1.807, 2.05) is 49.4 Å². The quantitative estimate of drug-likeness (QED) is 0.719. The summed E-state index contributed by atoms with van der Waals surface area (Å²) in [7, 11) is 0. The fourth-order valence-electron chi connectivity index (χ4n) is 2.43. The Balaban J connectivity index is 1.58. The van der Waals surface area contributed by atoms with E-state index >= 15 is 0 Å². The van der Waals surface area contributed by atoms with Crippen LogP contribution < -0.4 is 5.32 Å². The number of aromatic nitrogens is 2. The highest BCUT2D eigenvalue weighted by Crippen LogP contribution is 2.21. The van der Waals surface area contributed by atoms with Gasteiger partial charge in [-0.25, -0.2) is 0 Å². The standard InChI is InChI=1S/C19H18ClN3O2/c1-13(21-17(24)11-10-14-6-3-2-4-7-14)19-22-18(23-25-19)15-8-5-9-16(20)12-15/h2-9,12-13H,10-11H2,1H3,(H,21,24). The second kappa shape index (κ2) is 7.94. The summed E-state index contributed by atoms with van der Waals surface area (Å²) in [5.41, 5.74) is 1.90. The normalized spacial score (nSPS) is 11.9. The summed E-state index contributed by atoms with van der Waals surface area (Å²) in [6.45, 7) is 1.82. The van der Waals surface area contributed by atoms with Crippen molar-refractivity contribution in [1.82, 2.24) is 15.5 Å². The highest BCUT2D eigenvalue weighted by molar-refractivity contribution is 6.30. The topological polar surface area (TPSA) is 68.0 Å². The Labute approximate surface area is 151 Å². The van der Waals surface area contributed by atoms with Crippen molar-refractivity contribution in [2.45, 2.75) is 25.8 Å². The van der Waals surface area contributed by atoms with Crippen molar-refractivity contribution in [2.75, 3.05) is 0 Å². The maximum atomic E-state index is 12.1. The molecule has 0 aliphatic rings. The molecule has 1 N–H and O–H groups in total. The van der Waals surface area contributed by atoms with Crippen LogP contribution in [0.3, 0.4) is 0 Å². The first-order valence-corrected chi connectivity index (χ1v) is 8.42. The van der Waals surface area contributed by atoms with Gasteiger partial charge in [-0.1, -0.05) is 59.2 Å². The van der Waals surface area contributed by atoms with Crippen LogP contribution in [-0.4, -0.2) is 16.0 Å². The Morgan fingerprint density at radius 1 is 1.20 bits per heavy atom. The van der Waals surface area contributed by atoms with Gasteiger partial charge in [0.15, 0.2) is 0 Å². The van der Waals surface area contributed by atoms with Gasteiger partial charge in [0, 0.05) is 17.0 Å². The van der Waals surface area contributed by atoms with Crippen molar-refractivity contribution in [2.24, 2.45) is 0 Å². The molecule has 2 aromatic carbocycles. The van der Waals surface area contributed by atoms with E-state index in [9.17, 15) is 4.79 Å². The Bertz CT molecular complexity index is 849. The lowest BCUT2D eigenvalue weighted by atomic mass is 10.1. The zero-order valence-electron chi connectivity index (χ0n) is 13.8. The van der Waals surface area contributed by atoms with Crippen LogP contribution in [0, 0.1) is 0 Å². The minimum atomic E-state index is -0.358. The van der Waals surface area contributed by atoms with Crippen LogP contribution in [-0.2, 0) is 11.2 Å². The van der Waals surface area contributed by atoms with Gasteiger partial charge >= 0.3 is 0 Å². The van der Waals surface area contributed by atoms with Crippen molar-refractivity contribution >= 4 is 17.5 Å². The molecule has 1 heterocycles. The number of nitrogens with zero attached hydrogens (tertiary/aromatic N) is 2. The molecule has 0 saturated carbocycles. The van der Waals surface area contributed by atoms with Crippen LogP contribution in [0.2, 0.25) is 5.02 Å². The molecule has 0 aliphatic heterocycles. The number of amides is 1. The van der Waals surface area contributed by atoms with Gasteiger partial charge in [0.05, 0.1) is 0 Å². The summed E-state index contributed by atoms with van der Waals surface area (Å²) in [5, 5.41) is 7.44. The monoisotopic (exact) mass is 355 g/mol. The second-order valence-corrected chi connectivity index (χ2v) is 6.18. The van der Waals surface area contributed by atoms with E-state index in [0.717, 1.165) is 11.1 Å². The molecule has 6 heteroatoms. The summed E-state index contributed by atoms with van der Waals surface area (Å²) in [6.07, 6.45) is 1.10. The van der Waals surface area contributed by atoms with Crippen LogP contribution >= 0.6 is 11.6 Å². The molecule has 0 aliphatic carbocycles. The molecule has 25 heavy (non-hydrogen) atoms. The van der Waals surface area contributed by atoms with Crippen molar-refractivity contribution in [1.29, 1.82) is 0 Å². The minimum Gasteiger partial charge on any atom is -0.345 e. The third-order valence-electron chi connectivity index (χ3n) is 3.76. The molecule has 0 saturated heterocycles. The van der Waals surface area contributed by atoms with E-state index in [1.54, 1.807) is 12.1 Å². The maximum Gasteiger partial charge on any atom is 0.249 e. The van der Waals surface area contributed by atoms with Crippen molar-refractivity contribution in [3.63, 3.8) is 0 Å². The van der Waals surface area contributed by atoms with Gasteiger partial charge in [0.2, 0.25) is 17.6 Å². The first-order valence-electron chi connectivity index (χ1n) is 8.04. The van der Waals surface area contributed by atoms with Crippen molar-refractivity contribution in [3.8, 4) is 11.4 Å². The largest absolute Gasteiger partial charge is 0.345 e. The third-order valence-corrected chi connectivity index (χ3v) is 3.99. The molecule has 5 nitrogen and oxygen atoms in total. The molecule has 0 fully saturated rings. The Morgan fingerprint density at radius 2 is 2.00 bits per heavy atom. The second-order valence-electron chi connectivity index (χ2n) is 5.74. The lowest BCUT2D eigenvalue weighted by molar-refractivity contribution is -0.121. The molecule has 128 valence electrons. The van der Waals surface area contributed by atoms with Crippen LogP contribution in [0.15, 0.2) is 59.1 Å². The zero-order chi connectivity index (χ0) is 17.6. The van der Waals surface area contributed by atoms with Crippen molar-refractivity contribution in [3.05, 3.63) is 71.1 Å². The molecule has 1 unspecified atom stereocenters. The van der Waals surface area contributed by atoms with Gasteiger partial charge < -0.3 is 9.84 Å². The average Bonchev–Trinajstić information content (AvgIpc) is 3.11. The van der Waals surface area contributed by atoms with Gasteiger partial charge in [0.25, 0.3) is 0 Å². The number of hydrogen-bond acceptors (Lipinski definition) is 4. The van der Waals surface area contributed by atoms with E-state index in [0.29, 0.717) is 29.6 Å². The molecule has 0 bridgehead atoms. The zero-order valence-corrected chi connectivity index (χ0v) is 14.5. The van der Waals surface area contributed by atoms with Crippen LogP contribution in [0.5, 0.6) is 0 Å². The number of aryl methyl sites for hydroxylation is 1. The summed E-state index contributed by atoms with van der Waals surface area (Å²) in [4.78, 5) is 16.4. The predicted molar refractivity (Wildman–Crippen MR) is 96.1 cm³/mol. The number of carbonyl (C=O) groups excluding carboxylic acids is 1. The summed E-state index contributed by atoms with van der Waals surface area (Å²) < 4.78 is 5.27. The maximum absolute atomic E-state index is 12.1. The smallest absolute Gasteiger partial charge is 0.249 e. The summed E-state index contributed by atoms with van der Waals surface area (Å²) in [6, 6.07) is 16.8. The minimum absolute atomic E-state index is 0.0566. The number of rotatable bonds is 6. The predicted octanol–water partition coefficient (Wildman–Crippen LogP) is 4.20. The number of halogens is 1. The Hall–Kier alpha value is -2.66. The van der Waals surface area contributed by atoms with E-state index in [2.05, 4.69) is 15.5 Å². The van der Waals surface area contributed by atoms with Gasteiger partial charge in [-0.3, -0.25) is 4.79 Å². The Kier molecular flexibility index (Phi) is 5.46. The molecular weight excluding hydrogens is 338 g/mol. The van der Waals surface area contributed by atoms with Gasteiger partial charge in [-0.05, 0) is 31.0 Å². The van der Waals surface area contributed by atoms with Crippen molar-refractivity contribution < 1.29 is 9.32 Å². The first-order chi connectivity index (χ1) is 12.1. The first kappa shape index (κ1) is 17.2.